The van der Waals surface area contributed by atoms with Crippen LogP contribution in [0.3, 0.4) is 0 Å². The number of carbonyl (C=O) groups is 1. The van der Waals surface area contributed by atoms with E-state index in [9.17, 15) is 14.9 Å². The summed E-state index contributed by atoms with van der Waals surface area (Å²) >= 11 is 0. The van der Waals surface area contributed by atoms with E-state index in [1.807, 2.05) is 0 Å². The van der Waals surface area contributed by atoms with Crippen LogP contribution in [0.5, 0.6) is 0 Å². The van der Waals surface area contributed by atoms with Crippen LogP contribution in [0.15, 0.2) is 30.3 Å². The average molecular weight is 220 g/mol. The number of hydrogen-bond acceptors (Lipinski definition) is 5. The van der Waals surface area contributed by atoms with Crippen LogP contribution in [0, 0.1) is 21.4 Å². The largest absolute Gasteiger partial charge is 0.393 e. The molecule has 1 unspecified atom stereocenters. The number of nitro groups is 1. The number of rotatable bonds is 4. The van der Waals surface area contributed by atoms with Gasteiger partial charge in [-0.3, -0.25) is 14.9 Å². The number of hydrogen-bond donors (Lipinski definition) is 0. The van der Waals surface area contributed by atoms with Gasteiger partial charge in [-0.15, -0.1) is 0 Å². The Morgan fingerprint density at radius 2 is 2.12 bits per heavy atom. The van der Waals surface area contributed by atoms with Crippen molar-refractivity contribution in [3.8, 4) is 6.07 Å². The molecule has 0 amide bonds. The van der Waals surface area contributed by atoms with Crippen LogP contribution >= 0.6 is 0 Å². The molecule has 1 aromatic rings. The summed E-state index contributed by atoms with van der Waals surface area (Å²) in [6.07, 6.45) is -2.06. The topological polar surface area (TPSA) is 93.2 Å². The van der Waals surface area contributed by atoms with E-state index in [1.54, 1.807) is 24.3 Å². The third kappa shape index (κ3) is 3.06. The molecule has 0 spiro atoms. The Bertz CT molecular complexity index is 424. The number of ether oxygens (including phenoxy) is 1. The quantitative estimate of drug-likeness (QED) is 0.331. The number of nitriles is 1. The first-order valence-corrected chi connectivity index (χ1v) is 4.40. The summed E-state index contributed by atoms with van der Waals surface area (Å²) in [5.41, 5.74) is 0.263. The molecule has 0 heterocycles. The van der Waals surface area contributed by atoms with Crippen LogP contribution in [-0.2, 0) is 9.53 Å². The molecule has 6 nitrogen and oxygen atoms in total. The second-order valence-corrected chi connectivity index (χ2v) is 2.87. The van der Waals surface area contributed by atoms with Crippen molar-refractivity contribution in [1.29, 1.82) is 5.26 Å². The highest BCUT2D eigenvalue weighted by Crippen LogP contribution is 2.18. The monoisotopic (exact) mass is 220 g/mol. The van der Waals surface area contributed by atoms with E-state index in [0.29, 0.717) is 0 Å². The standard InChI is InChI=1S/C10H8N2O4/c11-7-6-9(13)16-10(12(14)15)8-4-2-1-3-5-8/h1-5,10H,6H2. The first-order chi connectivity index (χ1) is 7.65. The Morgan fingerprint density at radius 1 is 1.50 bits per heavy atom. The number of benzene rings is 1. The van der Waals surface area contributed by atoms with Crippen molar-refractivity contribution in [2.75, 3.05) is 0 Å². The number of esters is 1. The molecule has 0 saturated heterocycles. The fourth-order valence-electron chi connectivity index (χ4n) is 1.08. The Hall–Kier alpha value is -2.42. The van der Waals surface area contributed by atoms with E-state index in [-0.39, 0.29) is 5.56 Å². The van der Waals surface area contributed by atoms with Gasteiger partial charge in [0.25, 0.3) is 0 Å². The maximum absolute atomic E-state index is 11.0. The van der Waals surface area contributed by atoms with E-state index < -0.39 is 23.5 Å². The summed E-state index contributed by atoms with van der Waals surface area (Å²) in [4.78, 5) is 20.9. The first-order valence-electron chi connectivity index (χ1n) is 4.40. The second kappa shape index (κ2) is 5.46. The van der Waals surface area contributed by atoms with Gasteiger partial charge in [0.05, 0.1) is 16.6 Å². The lowest BCUT2D eigenvalue weighted by atomic mass is 10.2. The number of carbonyl (C=O) groups excluding carboxylic acids is 1. The molecule has 0 fully saturated rings. The summed E-state index contributed by atoms with van der Waals surface area (Å²) in [5.74, 6) is -0.909. The fraction of sp³-hybridized carbons (Fsp3) is 0.200. The van der Waals surface area contributed by atoms with Crippen molar-refractivity contribution in [1.82, 2.24) is 0 Å². The molecule has 0 aromatic heterocycles. The summed E-state index contributed by atoms with van der Waals surface area (Å²) < 4.78 is 4.58. The van der Waals surface area contributed by atoms with Gasteiger partial charge >= 0.3 is 12.2 Å². The minimum absolute atomic E-state index is 0.263. The van der Waals surface area contributed by atoms with Crippen LogP contribution in [0.1, 0.15) is 18.2 Å². The highest BCUT2D eigenvalue weighted by atomic mass is 16.7. The van der Waals surface area contributed by atoms with Gasteiger partial charge in [0.1, 0.15) is 6.42 Å². The first kappa shape index (κ1) is 11.7. The zero-order valence-electron chi connectivity index (χ0n) is 8.20. The van der Waals surface area contributed by atoms with Gasteiger partial charge in [-0.05, 0) is 12.1 Å². The predicted molar refractivity (Wildman–Crippen MR) is 52.5 cm³/mol. The van der Waals surface area contributed by atoms with Gasteiger partial charge in [0, 0.05) is 0 Å². The van der Waals surface area contributed by atoms with Crippen LogP contribution in [0.4, 0.5) is 0 Å². The van der Waals surface area contributed by atoms with Gasteiger partial charge < -0.3 is 4.74 Å². The zero-order chi connectivity index (χ0) is 12.0. The summed E-state index contributed by atoms with van der Waals surface area (Å²) in [5, 5.41) is 18.9. The molecule has 1 aromatic carbocycles. The Morgan fingerprint density at radius 3 is 2.62 bits per heavy atom. The molecule has 16 heavy (non-hydrogen) atoms. The van der Waals surface area contributed by atoms with Crippen LogP contribution in [0.25, 0.3) is 0 Å². The Balaban J connectivity index is 2.82. The maximum Gasteiger partial charge on any atom is 0.382 e. The minimum atomic E-state index is -1.55. The van der Waals surface area contributed by atoms with Gasteiger partial charge in [0.15, 0.2) is 0 Å². The van der Waals surface area contributed by atoms with Crippen LogP contribution < -0.4 is 0 Å². The lowest BCUT2D eigenvalue weighted by molar-refractivity contribution is -0.575. The molecule has 82 valence electrons. The minimum Gasteiger partial charge on any atom is -0.393 e. The van der Waals surface area contributed by atoms with E-state index in [2.05, 4.69) is 4.74 Å². The molecular formula is C10H8N2O4. The van der Waals surface area contributed by atoms with Gasteiger partial charge in [-0.1, -0.05) is 18.2 Å². The molecule has 0 bridgehead atoms. The van der Waals surface area contributed by atoms with Crippen molar-refractivity contribution in [2.24, 2.45) is 0 Å². The Labute approximate surface area is 91.2 Å². The van der Waals surface area contributed by atoms with Gasteiger partial charge in [-0.25, -0.2) is 0 Å². The number of nitrogens with zero attached hydrogens (tertiary/aromatic N) is 2. The summed E-state index contributed by atoms with van der Waals surface area (Å²) in [7, 11) is 0. The highest BCUT2D eigenvalue weighted by Gasteiger charge is 2.26. The Kier molecular flexibility index (Phi) is 3.98. The van der Waals surface area contributed by atoms with Crippen molar-refractivity contribution in [2.45, 2.75) is 12.6 Å². The molecule has 0 radical (unpaired) electrons. The van der Waals surface area contributed by atoms with Crippen molar-refractivity contribution < 1.29 is 14.5 Å². The molecule has 0 N–H and O–H groups in total. The molecular weight excluding hydrogens is 212 g/mol. The third-order valence-electron chi connectivity index (χ3n) is 1.74. The van der Waals surface area contributed by atoms with Crippen LogP contribution in [-0.4, -0.2) is 10.9 Å². The molecule has 0 saturated carbocycles. The van der Waals surface area contributed by atoms with Crippen molar-refractivity contribution >= 4 is 5.97 Å². The van der Waals surface area contributed by atoms with E-state index in [4.69, 9.17) is 5.26 Å². The highest BCUT2D eigenvalue weighted by molar-refractivity contribution is 5.71. The predicted octanol–water partition coefficient (Wildman–Crippen LogP) is 1.42. The summed E-state index contributed by atoms with van der Waals surface area (Å²) in [6.45, 7) is 0. The van der Waals surface area contributed by atoms with Gasteiger partial charge in [0.2, 0.25) is 0 Å². The van der Waals surface area contributed by atoms with E-state index in [1.165, 1.54) is 12.1 Å². The fourth-order valence-corrected chi connectivity index (χ4v) is 1.08. The molecule has 1 atom stereocenters. The molecule has 0 aliphatic rings. The molecule has 0 aliphatic heterocycles. The normalized spacial score (nSPS) is 11.2. The van der Waals surface area contributed by atoms with Crippen molar-refractivity contribution in [3.05, 3.63) is 46.0 Å². The van der Waals surface area contributed by atoms with E-state index >= 15 is 0 Å². The van der Waals surface area contributed by atoms with Crippen LogP contribution in [0.2, 0.25) is 0 Å². The van der Waals surface area contributed by atoms with Crippen molar-refractivity contribution in [3.63, 3.8) is 0 Å². The third-order valence-corrected chi connectivity index (χ3v) is 1.74. The molecule has 0 aliphatic carbocycles. The van der Waals surface area contributed by atoms with E-state index in [0.717, 1.165) is 0 Å². The molecule has 1 rings (SSSR count). The zero-order valence-corrected chi connectivity index (χ0v) is 8.20. The SMILES string of the molecule is N#CCC(=O)OC(c1ccccc1)[N+](=O)[O-]. The lowest BCUT2D eigenvalue weighted by Crippen LogP contribution is -2.18. The van der Waals surface area contributed by atoms with Gasteiger partial charge in [-0.2, -0.15) is 5.26 Å². The summed E-state index contributed by atoms with van der Waals surface area (Å²) in [6, 6.07) is 9.42. The smallest absolute Gasteiger partial charge is 0.382 e. The second-order valence-electron chi connectivity index (χ2n) is 2.87. The maximum atomic E-state index is 11.0. The molecule has 6 heteroatoms. The lowest BCUT2D eigenvalue weighted by Gasteiger charge is -2.09. The average Bonchev–Trinajstić information content (AvgIpc) is 2.27.